The summed E-state index contributed by atoms with van der Waals surface area (Å²) in [6, 6.07) is 1.45. The molecule has 0 saturated heterocycles. The first-order valence-electron chi connectivity index (χ1n) is 5.06. The molecular weight excluding hydrogens is 273 g/mol. The van der Waals surface area contributed by atoms with E-state index in [0.29, 0.717) is 5.56 Å². The van der Waals surface area contributed by atoms with Crippen LogP contribution in [0.1, 0.15) is 29.5 Å². The van der Waals surface area contributed by atoms with E-state index >= 15 is 0 Å². The van der Waals surface area contributed by atoms with Crippen LogP contribution < -0.4 is 0 Å². The van der Waals surface area contributed by atoms with Crippen LogP contribution in [0.15, 0.2) is 15.5 Å². The number of isocyanates is 1. The van der Waals surface area contributed by atoms with Crippen molar-refractivity contribution in [3.05, 3.63) is 33.0 Å². The summed E-state index contributed by atoms with van der Waals surface area (Å²) in [6.07, 6.45) is 3.18. The molecule has 0 radical (unpaired) electrons. The Hall–Kier alpha value is -0.990. The number of carbonyl (C=O) groups excluding carboxylic acids is 1. The fourth-order valence-corrected chi connectivity index (χ4v) is 2.57. The average Bonchev–Trinajstić information content (AvgIpc) is 2.97. The minimum Gasteiger partial charge on any atom is -0.211 e. The van der Waals surface area contributed by atoms with Gasteiger partial charge in [-0.3, -0.25) is 0 Å². The normalized spacial score (nSPS) is 16.8. The van der Waals surface area contributed by atoms with Crippen LogP contribution in [0.3, 0.4) is 0 Å². The maximum Gasteiger partial charge on any atom is 0.235 e. The van der Waals surface area contributed by atoms with Crippen LogP contribution in [0.5, 0.6) is 0 Å². The van der Waals surface area contributed by atoms with E-state index in [-0.39, 0.29) is 5.82 Å². The van der Waals surface area contributed by atoms with Gasteiger partial charge in [0.1, 0.15) is 5.82 Å². The Morgan fingerprint density at radius 3 is 2.56 bits per heavy atom. The third-order valence-electron chi connectivity index (χ3n) is 3.17. The van der Waals surface area contributed by atoms with Gasteiger partial charge in [0.25, 0.3) is 0 Å². The standard InChI is InChI=1S/C12H11BrFNO/c1-7-9(13)5-10(14)8(2)11(7)12(3-4-12)15-6-16/h5H,3-4H2,1-2H3. The minimum atomic E-state index is -0.513. The molecule has 4 heteroatoms. The van der Waals surface area contributed by atoms with Crippen molar-refractivity contribution in [2.45, 2.75) is 32.2 Å². The summed E-state index contributed by atoms with van der Waals surface area (Å²) < 4.78 is 14.4. The van der Waals surface area contributed by atoms with Gasteiger partial charge in [-0.2, -0.15) is 4.99 Å². The quantitative estimate of drug-likeness (QED) is 0.603. The van der Waals surface area contributed by atoms with Crippen molar-refractivity contribution in [1.29, 1.82) is 0 Å². The molecule has 2 rings (SSSR count). The van der Waals surface area contributed by atoms with E-state index in [9.17, 15) is 9.18 Å². The zero-order valence-electron chi connectivity index (χ0n) is 9.10. The molecule has 1 aliphatic rings. The van der Waals surface area contributed by atoms with E-state index < -0.39 is 5.54 Å². The van der Waals surface area contributed by atoms with Gasteiger partial charge >= 0.3 is 0 Å². The van der Waals surface area contributed by atoms with Gasteiger partial charge in [0.05, 0.1) is 5.54 Å². The molecule has 2 nitrogen and oxygen atoms in total. The van der Waals surface area contributed by atoms with Crippen LogP contribution in [0.25, 0.3) is 0 Å². The predicted molar refractivity (Wildman–Crippen MR) is 62.6 cm³/mol. The number of halogens is 2. The topological polar surface area (TPSA) is 29.4 Å². The SMILES string of the molecule is Cc1c(F)cc(Br)c(C)c1C1(N=C=O)CC1. The molecule has 0 bridgehead atoms. The van der Waals surface area contributed by atoms with E-state index in [0.717, 1.165) is 28.4 Å². The number of hydrogen-bond acceptors (Lipinski definition) is 2. The second-order valence-electron chi connectivity index (χ2n) is 4.20. The third-order valence-corrected chi connectivity index (χ3v) is 3.99. The average molecular weight is 284 g/mol. The number of rotatable bonds is 2. The summed E-state index contributed by atoms with van der Waals surface area (Å²) in [5.74, 6) is -0.264. The molecule has 84 valence electrons. The van der Waals surface area contributed by atoms with E-state index in [1.165, 1.54) is 6.07 Å². The third kappa shape index (κ3) is 1.62. The molecule has 0 aromatic heterocycles. The molecule has 0 heterocycles. The number of nitrogens with zero attached hydrogens (tertiary/aromatic N) is 1. The maximum absolute atomic E-state index is 13.6. The Kier molecular flexibility index (Phi) is 2.72. The van der Waals surface area contributed by atoms with Crippen molar-refractivity contribution in [3.8, 4) is 0 Å². The van der Waals surface area contributed by atoms with E-state index in [2.05, 4.69) is 20.9 Å². The van der Waals surface area contributed by atoms with E-state index in [4.69, 9.17) is 0 Å². The van der Waals surface area contributed by atoms with Crippen LogP contribution in [0.4, 0.5) is 4.39 Å². The van der Waals surface area contributed by atoms with Gasteiger partial charge in [-0.15, -0.1) is 0 Å². The van der Waals surface area contributed by atoms with Gasteiger partial charge < -0.3 is 0 Å². The van der Waals surface area contributed by atoms with Crippen LogP contribution in [0, 0.1) is 19.7 Å². The second kappa shape index (κ2) is 3.79. The summed E-state index contributed by atoms with van der Waals surface area (Å²) in [5, 5.41) is 0. The Morgan fingerprint density at radius 1 is 1.44 bits per heavy atom. The highest BCUT2D eigenvalue weighted by Gasteiger charge is 2.47. The van der Waals surface area contributed by atoms with Gasteiger partial charge in [-0.05, 0) is 49.4 Å². The lowest BCUT2D eigenvalue weighted by molar-refractivity contribution is 0.554. The molecule has 0 amide bonds. The first-order valence-corrected chi connectivity index (χ1v) is 5.86. The lowest BCUT2D eigenvalue weighted by atomic mass is 9.94. The molecule has 1 aromatic rings. The van der Waals surface area contributed by atoms with Crippen LogP contribution in [-0.4, -0.2) is 6.08 Å². The van der Waals surface area contributed by atoms with Crippen LogP contribution in [-0.2, 0) is 10.3 Å². The lowest BCUT2D eigenvalue weighted by Crippen LogP contribution is -2.09. The smallest absolute Gasteiger partial charge is 0.211 e. The molecule has 1 aliphatic carbocycles. The molecule has 0 spiro atoms. The Bertz CT molecular complexity index is 476. The van der Waals surface area contributed by atoms with Crippen molar-refractivity contribution in [2.24, 2.45) is 4.99 Å². The van der Waals surface area contributed by atoms with Gasteiger partial charge in [0, 0.05) is 4.47 Å². The van der Waals surface area contributed by atoms with E-state index in [1.54, 1.807) is 13.0 Å². The van der Waals surface area contributed by atoms with Crippen molar-refractivity contribution < 1.29 is 9.18 Å². The fraction of sp³-hybridized carbons (Fsp3) is 0.417. The lowest BCUT2D eigenvalue weighted by Gasteiger charge is -2.17. The summed E-state index contributed by atoms with van der Waals surface area (Å²) in [7, 11) is 0. The van der Waals surface area contributed by atoms with Gasteiger partial charge in [-0.1, -0.05) is 15.9 Å². The molecule has 1 fully saturated rings. The van der Waals surface area contributed by atoms with Crippen molar-refractivity contribution in [3.63, 3.8) is 0 Å². The fourth-order valence-electron chi connectivity index (χ4n) is 2.17. The second-order valence-corrected chi connectivity index (χ2v) is 5.05. The number of benzene rings is 1. The molecule has 0 unspecified atom stereocenters. The highest BCUT2D eigenvalue weighted by Crippen LogP contribution is 2.52. The molecule has 0 atom stereocenters. The highest BCUT2D eigenvalue weighted by atomic mass is 79.9. The van der Waals surface area contributed by atoms with Crippen LogP contribution in [0.2, 0.25) is 0 Å². The molecule has 0 aliphatic heterocycles. The van der Waals surface area contributed by atoms with Crippen LogP contribution >= 0.6 is 15.9 Å². The number of hydrogen-bond donors (Lipinski definition) is 0. The minimum absolute atomic E-state index is 0.264. The molecule has 16 heavy (non-hydrogen) atoms. The first kappa shape index (κ1) is 11.5. The Morgan fingerprint density at radius 2 is 2.06 bits per heavy atom. The molecule has 1 aromatic carbocycles. The van der Waals surface area contributed by atoms with Crippen molar-refractivity contribution in [1.82, 2.24) is 0 Å². The first-order chi connectivity index (χ1) is 7.52. The van der Waals surface area contributed by atoms with Crippen molar-refractivity contribution >= 4 is 22.0 Å². The van der Waals surface area contributed by atoms with Gasteiger partial charge in [0.15, 0.2) is 0 Å². The summed E-state index contributed by atoms with van der Waals surface area (Å²) in [4.78, 5) is 14.3. The Labute approximate surface area is 102 Å². The molecule has 0 N–H and O–H groups in total. The summed E-state index contributed by atoms with van der Waals surface area (Å²) in [5.41, 5.74) is 1.86. The zero-order valence-corrected chi connectivity index (χ0v) is 10.7. The van der Waals surface area contributed by atoms with E-state index in [1.807, 2.05) is 6.92 Å². The maximum atomic E-state index is 13.6. The number of aliphatic imine (C=N–C) groups is 1. The van der Waals surface area contributed by atoms with Gasteiger partial charge in [0.2, 0.25) is 6.08 Å². The monoisotopic (exact) mass is 283 g/mol. The van der Waals surface area contributed by atoms with Gasteiger partial charge in [-0.25, -0.2) is 9.18 Å². The summed E-state index contributed by atoms with van der Waals surface area (Å²) in [6.45, 7) is 3.64. The highest BCUT2D eigenvalue weighted by molar-refractivity contribution is 9.10. The largest absolute Gasteiger partial charge is 0.235 e. The molecule has 1 saturated carbocycles. The van der Waals surface area contributed by atoms with Crippen molar-refractivity contribution in [2.75, 3.05) is 0 Å². The predicted octanol–water partition coefficient (Wildman–Crippen LogP) is 3.53. The molecular formula is C12H11BrFNO. The zero-order chi connectivity index (χ0) is 11.9. The Balaban J connectivity index is 2.69. The summed E-state index contributed by atoms with van der Waals surface area (Å²) >= 11 is 3.32.